The van der Waals surface area contributed by atoms with E-state index in [9.17, 15) is 9.59 Å². The van der Waals surface area contributed by atoms with E-state index >= 15 is 0 Å². The molecule has 0 aromatic rings. The van der Waals surface area contributed by atoms with Crippen LogP contribution in [0, 0.1) is 11.8 Å². The van der Waals surface area contributed by atoms with E-state index in [4.69, 9.17) is 9.47 Å². The monoisotopic (exact) mass is 257 g/mol. The van der Waals surface area contributed by atoms with Crippen LogP contribution in [-0.4, -0.2) is 50.2 Å². The van der Waals surface area contributed by atoms with Crippen molar-refractivity contribution in [3.8, 4) is 0 Å². The summed E-state index contributed by atoms with van der Waals surface area (Å²) in [5.41, 5.74) is 0. The zero-order valence-corrected chi connectivity index (χ0v) is 11.5. The maximum atomic E-state index is 11.7. The van der Waals surface area contributed by atoms with Gasteiger partial charge in [0.05, 0.1) is 25.6 Å². The van der Waals surface area contributed by atoms with Crippen molar-refractivity contribution in [3.63, 3.8) is 0 Å². The molecule has 5 heteroatoms. The Bertz CT molecular complexity index is 293. The van der Waals surface area contributed by atoms with Crippen molar-refractivity contribution < 1.29 is 19.1 Å². The van der Waals surface area contributed by atoms with Crippen LogP contribution in [0.5, 0.6) is 0 Å². The Balaban J connectivity index is 2.43. The van der Waals surface area contributed by atoms with Crippen LogP contribution >= 0.6 is 0 Å². The minimum absolute atomic E-state index is 0.0523. The van der Waals surface area contributed by atoms with Crippen molar-refractivity contribution in [3.05, 3.63) is 0 Å². The number of likely N-dealkylation sites (tertiary alicyclic amines) is 1. The summed E-state index contributed by atoms with van der Waals surface area (Å²) in [5.74, 6) is -0.527. The molecule has 18 heavy (non-hydrogen) atoms. The number of hydrogen-bond acceptors (Lipinski definition) is 5. The molecular weight excluding hydrogens is 234 g/mol. The number of nitrogens with zero attached hydrogens (tertiary/aromatic N) is 1. The normalized spacial score (nSPS) is 22.3. The van der Waals surface area contributed by atoms with Crippen molar-refractivity contribution in [1.82, 2.24) is 4.90 Å². The Hall–Kier alpha value is -1.10. The molecule has 0 radical (unpaired) electrons. The third kappa shape index (κ3) is 4.29. The molecule has 1 rings (SSSR count). The molecule has 104 valence electrons. The summed E-state index contributed by atoms with van der Waals surface area (Å²) in [5, 5.41) is 0. The lowest BCUT2D eigenvalue weighted by atomic mass is 9.97. The van der Waals surface area contributed by atoms with Gasteiger partial charge in [0, 0.05) is 13.1 Å². The fourth-order valence-electron chi connectivity index (χ4n) is 2.34. The highest BCUT2D eigenvalue weighted by Gasteiger charge is 2.28. The van der Waals surface area contributed by atoms with E-state index in [1.807, 2.05) is 13.8 Å². The highest BCUT2D eigenvalue weighted by atomic mass is 16.5. The summed E-state index contributed by atoms with van der Waals surface area (Å²) in [6, 6.07) is 0. The van der Waals surface area contributed by atoms with Gasteiger partial charge in [0.1, 0.15) is 0 Å². The first-order valence-electron chi connectivity index (χ1n) is 6.55. The Morgan fingerprint density at radius 1 is 1.44 bits per heavy atom. The fraction of sp³-hybridized carbons (Fsp3) is 0.846. The van der Waals surface area contributed by atoms with Crippen LogP contribution in [0.1, 0.15) is 26.7 Å². The molecule has 0 N–H and O–H groups in total. The van der Waals surface area contributed by atoms with E-state index in [0.717, 1.165) is 19.4 Å². The Morgan fingerprint density at radius 2 is 2.17 bits per heavy atom. The highest BCUT2D eigenvalue weighted by molar-refractivity contribution is 5.73. The van der Waals surface area contributed by atoms with Crippen LogP contribution in [0.4, 0.5) is 0 Å². The molecule has 2 unspecified atom stereocenters. The summed E-state index contributed by atoms with van der Waals surface area (Å²) in [6.45, 7) is 6.34. The van der Waals surface area contributed by atoms with Crippen LogP contribution in [0.15, 0.2) is 0 Å². The van der Waals surface area contributed by atoms with Crippen molar-refractivity contribution in [1.29, 1.82) is 0 Å². The zero-order chi connectivity index (χ0) is 13.5. The third-order valence-electron chi connectivity index (χ3n) is 3.26. The van der Waals surface area contributed by atoms with Gasteiger partial charge in [0.15, 0.2) is 0 Å². The molecular formula is C13H23NO4. The van der Waals surface area contributed by atoms with Crippen molar-refractivity contribution in [2.24, 2.45) is 11.8 Å². The average Bonchev–Trinajstić information content (AvgIpc) is 2.38. The van der Waals surface area contributed by atoms with E-state index in [2.05, 4.69) is 4.90 Å². The summed E-state index contributed by atoms with van der Waals surface area (Å²) in [6.07, 6.45) is 1.85. The maximum absolute atomic E-state index is 11.7. The van der Waals surface area contributed by atoms with Crippen LogP contribution < -0.4 is 0 Å². The first-order valence-corrected chi connectivity index (χ1v) is 6.55. The highest BCUT2D eigenvalue weighted by Crippen LogP contribution is 2.19. The number of carbonyl (C=O) groups is 2. The number of ether oxygens (including phenoxy) is 2. The van der Waals surface area contributed by atoms with E-state index in [1.54, 1.807) is 0 Å². The van der Waals surface area contributed by atoms with E-state index in [-0.39, 0.29) is 23.8 Å². The Kier molecular flexibility index (Phi) is 6.12. The standard InChI is InChI=1S/C13H23NO4/c1-4-18-13(16)11-6-5-7-14(9-11)8-10(2)12(15)17-3/h10-11H,4-9H2,1-3H3. The molecule has 0 aromatic carbocycles. The van der Waals surface area contributed by atoms with E-state index in [1.165, 1.54) is 7.11 Å². The molecule has 0 spiro atoms. The number of carbonyl (C=O) groups excluding carboxylic acids is 2. The maximum Gasteiger partial charge on any atom is 0.310 e. The molecule has 1 saturated heterocycles. The first-order chi connectivity index (χ1) is 8.58. The van der Waals surface area contributed by atoms with Crippen LogP contribution in [-0.2, 0) is 19.1 Å². The Morgan fingerprint density at radius 3 is 2.78 bits per heavy atom. The molecule has 1 fully saturated rings. The predicted molar refractivity (Wildman–Crippen MR) is 67.0 cm³/mol. The number of piperidine rings is 1. The molecule has 0 aromatic heterocycles. The van der Waals surface area contributed by atoms with Gasteiger partial charge >= 0.3 is 11.9 Å². The second-order valence-electron chi connectivity index (χ2n) is 4.77. The van der Waals surface area contributed by atoms with Crippen molar-refractivity contribution >= 4 is 11.9 Å². The lowest BCUT2D eigenvalue weighted by Crippen LogP contribution is -2.42. The summed E-state index contributed by atoms with van der Waals surface area (Å²) < 4.78 is 9.76. The zero-order valence-electron chi connectivity index (χ0n) is 11.5. The molecule has 5 nitrogen and oxygen atoms in total. The van der Waals surface area contributed by atoms with Gasteiger partial charge < -0.3 is 14.4 Å². The molecule has 0 amide bonds. The lowest BCUT2D eigenvalue weighted by Gasteiger charge is -2.32. The largest absolute Gasteiger partial charge is 0.469 e. The van der Waals surface area contributed by atoms with Gasteiger partial charge in [-0.2, -0.15) is 0 Å². The molecule has 1 aliphatic rings. The SMILES string of the molecule is CCOC(=O)C1CCCN(CC(C)C(=O)OC)C1. The smallest absolute Gasteiger partial charge is 0.310 e. The molecule has 0 aliphatic carbocycles. The molecule has 0 saturated carbocycles. The van der Waals surface area contributed by atoms with E-state index in [0.29, 0.717) is 19.7 Å². The molecule has 0 bridgehead atoms. The second kappa shape index (κ2) is 7.36. The van der Waals surface area contributed by atoms with Crippen molar-refractivity contribution in [2.45, 2.75) is 26.7 Å². The summed E-state index contributed by atoms with van der Waals surface area (Å²) in [4.78, 5) is 25.2. The Labute approximate surface area is 108 Å². The van der Waals surface area contributed by atoms with Gasteiger partial charge in [-0.05, 0) is 26.3 Å². The topological polar surface area (TPSA) is 55.8 Å². The summed E-state index contributed by atoms with van der Waals surface area (Å²) >= 11 is 0. The minimum Gasteiger partial charge on any atom is -0.469 e. The average molecular weight is 257 g/mol. The molecule has 1 heterocycles. The number of esters is 2. The number of hydrogen-bond donors (Lipinski definition) is 0. The van der Waals surface area contributed by atoms with Gasteiger partial charge in [-0.3, -0.25) is 9.59 Å². The number of methoxy groups -OCH3 is 1. The van der Waals surface area contributed by atoms with Crippen molar-refractivity contribution in [2.75, 3.05) is 33.4 Å². The molecule has 1 aliphatic heterocycles. The summed E-state index contributed by atoms with van der Waals surface area (Å²) in [7, 11) is 1.40. The van der Waals surface area contributed by atoms with Crippen LogP contribution in [0.2, 0.25) is 0 Å². The van der Waals surface area contributed by atoms with Crippen LogP contribution in [0.3, 0.4) is 0 Å². The second-order valence-corrected chi connectivity index (χ2v) is 4.77. The van der Waals surface area contributed by atoms with Gasteiger partial charge in [0.25, 0.3) is 0 Å². The fourth-order valence-corrected chi connectivity index (χ4v) is 2.34. The molecule has 2 atom stereocenters. The van der Waals surface area contributed by atoms with Gasteiger partial charge in [-0.15, -0.1) is 0 Å². The minimum atomic E-state index is -0.201. The lowest BCUT2D eigenvalue weighted by molar-refractivity contribution is -0.150. The van der Waals surface area contributed by atoms with Gasteiger partial charge in [0.2, 0.25) is 0 Å². The predicted octanol–water partition coefficient (Wildman–Crippen LogP) is 1.07. The third-order valence-corrected chi connectivity index (χ3v) is 3.26. The van der Waals surface area contributed by atoms with Crippen LogP contribution in [0.25, 0.3) is 0 Å². The van der Waals surface area contributed by atoms with E-state index < -0.39 is 0 Å². The number of rotatable bonds is 5. The van der Waals surface area contributed by atoms with Gasteiger partial charge in [-0.25, -0.2) is 0 Å². The van der Waals surface area contributed by atoms with Gasteiger partial charge in [-0.1, -0.05) is 6.92 Å². The quantitative estimate of drug-likeness (QED) is 0.690. The first kappa shape index (κ1) is 15.0.